The van der Waals surface area contributed by atoms with Crippen molar-refractivity contribution in [3.8, 4) is 0 Å². The van der Waals surface area contributed by atoms with Gasteiger partial charge in [-0.1, -0.05) is 46.2 Å². The summed E-state index contributed by atoms with van der Waals surface area (Å²) in [5.41, 5.74) is -0.382. The number of carbonyl (C=O) groups excluding carboxylic acids is 1. The van der Waals surface area contributed by atoms with Crippen LogP contribution in [0.4, 0.5) is 4.79 Å². The highest BCUT2D eigenvalue weighted by molar-refractivity contribution is 14.1. The lowest BCUT2D eigenvalue weighted by molar-refractivity contribution is -0.517. The van der Waals surface area contributed by atoms with Crippen LogP contribution < -0.4 is 0 Å². The van der Waals surface area contributed by atoms with Gasteiger partial charge >= 0.3 is 6.09 Å². The number of carbonyl (C=O) groups is 1. The first-order valence-electron chi connectivity index (χ1n) is 22.6. The van der Waals surface area contributed by atoms with Crippen LogP contribution in [-0.4, -0.2) is 89.9 Å². The van der Waals surface area contributed by atoms with Gasteiger partial charge in [-0.25, -0.2) is 23.0 Å². The first kappa shape index (κ1) is 44.5. The lowest BCUT2D eigenvalue weighted by Crippen LogP contribution is -2.61. The van der Waals surface area contributed by atoms with E-state index in [9.17, 15) is 18.3 Å². The number of amides is 1. The van der Waals surface area contributed by atoms with Crippen molar-refractivity contribution in [2.75, 3.05) is 26.5 Å². The summed E-state index contributed by atoms with van der Waals surface area (Å²) in [5, 5.41) is 12.4. The van der Waals surface area contributed by atoms with Crippen molar-refractivity contribution < 1.29 is 47.0 Å². The number of aliphatic hydroxyl groups is 1. The van der Waals surface area contributed by atoms with Gasteiger partial charge in [0.25, 0.3) is 0 Å². The molecule has 1 aromatic carbocycles. The fourth-order valence-electron chi connectivity index (χ4n) is 13.8. The molecule has 8 aliphatic rings. The molecule has 13 heteroatoms. The topological polar surface area (TPSA) is 130 Å². The SMILES string of the molecule is C[C@@H]([C@H](O)CC(C[C@H]1O[C@@H]2[C@@]34[C@@H](CC[C@@H](C)[C@@H]3CCC(C)(I)O[C@@]24C)[C@H]1C)CS(=O)(=O)c1ccc(COC(=O)N(C)C)cc1)[C@@H]1CC[C@@H](C)[C@@H]2CC[C@]3(C)OC[C@]12OO3. The van der Waals surface area contributed by atoms with E-state index in [0.717, 1.165) is 44.9 Å². The van der Waals surface area contributed by atoms with Crippen LogP contribution in [0.2, 0.25) is 0 Å². The molecule has 332 valence electrons. The number of aliphatic hydroxyl groups excluding tert-OH is 1. The van der Waals surface area contributed by atoms with Crippen molar-refractivity contribution in [3.05, 3.63) is 29.8 Å². The van der Waals surface area contributed by atoms with Gasteiger partial charge in [0.1, 0.15) is 21.4 Å². The highest BCUT2D eigenvalue weighted by Gasteiger charge is 2.86. The molecule has 2 spiro atoms. The van der Waals surface area contributed by atoms with E-state index in [4.69, 9.17) is 28.7 Å². The van der Waals surface area contributed by atoms with Crippen molar-refractivity contribution in [3.63, 3.8) is 0 Å². The summed E-state index contributed by atoms with van der Waals surface area (Å²) >= 11 is 2.50. The van der Waals surface area contributed by atoms with Crippen molar-refractivity contribution in [1.82, 2.24) is 4.90 Å². The summed E-state index contributed by atoms with van der Waals surface area (Å²) < 4.78 is 54.7. The molecule has 5 saturated heterocycles. The summed E-state index contributed by atoms with van der Waals surface area (Å²) in [7, 11) is -0.552. The van der Waals surface area contributed by atoms with E-state index in [1.165, 1.54) is 11.3 Å². The number of sulfone groups is 1. The van der Waals surface area contributed by atoms with Gasteiger partial charge in [-0.05, 0) is 166 Å². The molecular weight excluding hydrogens is 885 g/mol. The number of benzene rings is 1. The molecule has 3 aliphatic carbocycles. The zero-order valence-electron chi connectivity index (χ0n) is 36.8. The number of nitrogens with zero attached hydrogens (tertiary/aromatic N) is 1. The van der Waals surface area contributed by atoms with Crippen molar-refractivity contribution in [2.45, 2.75) is 163 Å². The van der Waals surface area contributed by atoms with E-state index in [0.29, 0.717) is 48.7 Å². The Labute approximate surface area is 366 Å². The van der Waals surface area contributed by atoms with Gasteiger partial charge in [-0.3, -0.25) is 0 Å². The van der Waals surface area contributed by atoms with Gasteiger partial charge in [0.15, 0.2) is 15.6 Å². The van der Waals surface area contributed by atoms with Gasteiger partial charge in [-0.15, -0.1) is 0 Å². The minimum atomic E-state index is -3.79. The predicted molar refractivity (Wildman–Crippen MR) is 231 cm³/mol. The molecule has 2 unspecified atom stereocenters. The van der Waals surface area contributed by atoms with E-state index < -0.39 is 39.0 Å². The quantitative estimate of drug-likeness (QED) is 0.131. The summed E-state index contributed by atoms with van der Waals surface area (Å²) in [4.78, 5) is 26.0. The van der Waals surface area contributed by atoms with Crippen LogP contribution in [0, 0.1) is 58.7 Å². The third kappa shape index (κ3) is 7.64. The predicted octanol–water partition coefficient (Wildman–Crippen LogP) is 8.73. The first-order valence-corrected chi connectivity index (χ1v) is 25.3. The maximum Gasteiger partial charge on any atom is 0.409 e. The molecular formula is C46H70INO10S. The van der Waals surface area contributed by atoms with Gasteiger partial charge < -0.3 is 29.0 Å². The summed E-state index contributed by atoms with van der Waals surface area (Å²) in [6.07, 6.45) is 7.47. The van der Waals surface area contributed by atoms with E-state index in [-0.39, 0.29) is 68.1 Å². The molecule has 2 bridgehead atoms. The third-order valence-electron chi connectivity index (χ3n) is 17.0. The third-order valence-corrected chi connectivity index (χ3v) is 19.7. The zero-order chi connectivity index (χ0) is 42.5. The van der Waals surface area contributed by atoms with Crippen LogP contribution >= 0.6 is 22.6 Å². The minimum Gasteiger partial charge on any atom is -0.445 e. The fourth-order valence-corrected chi connectivity index (χ4v) is 16.2. The molecule has 9 rings (SSSR count). The molecule has 3 saturated carbocycles. The molecule has 17 atom stereocenters. The van der Waals surface area contributed by atoms with Crippen LogP contribution in [0.1, 0.15) is 118 Å². The molecule has 0 radical (unpaired) electrons. The molecule has 5 aliphatic heterocycles. The van der Waals surface area contributed by atoms with Gasteiger partial charge in [0.05, 0.1) is 35.6 Å². The van der Waals surface area contributed by atoms with Crippen LogP contribution in [0.5, 0.6) is 0 Å². The Morgan fingerprint density at radius 1 is 0.949 bits per heavy atom. The second kappa shape index (κ2) is 15.9. The number of fused-ring (bicyclic) bond motifs is 4. The Morgan fingerprint density at radius 2 is 1.63 bits per heavy atom. The smallest absolute Gasteiger partial charge is 0.409 e. The van der Waals surface area contributed by atoms with E-state index in [2.05, 4.69) is 64.1 Å². The van der Waals surface area contributed by atoms with E-state index >= 15 is 0 Å². The lowest BCUT2D eigenvalue weighted by Gasteiger charge is -2.54. The van der Waals surface area contributed by atoms with Crippen molar-refractivity contribution in [2.24, 2.45) is 58.7 Å². The van der Waals surface area contributed by atoms with Crippen LogP contribution in [0.15, 0.2) is 29.2 Å². The highest BCUT2D eigenvalue weighted by atomic mass is 127. The zero-order valence-corrected chi connectivity index (χ0v) is 39.8. The maximum absolute atomic E-state index is 14.4. The van der Waals surface area contributed by atoms with Gasteiger partial charge in [0.2, 0.25) is 0 Å². The average molecular weight is 956 g/mol. The monoisotopic (exact) mass is 955 g/mol. The molecule has 11 nitrogen and oxygen atoms in total. The second-order valence-electron chi connectivity index (χ2n) is 21.0. The average Bonchev–Trinajstić information content (AvgIpc) is 3.79. The normalized spacial score (nSPS) is 45.4. The van der Waals surface area contributed by atoms with Gasteiger partial charge in [0, 0.05) is 25.9 Å². The number of alkyl halides is 1. The summed E-state index contributed by atoms with van der Waals surface area (Å²) in [5.74, 6) is 0.986. The highest BCUT2D eigenvalue weighted by Crippen LogP contribution is 2.79. The lowest BCUT2D eigenvalue weighted by atomic mass is 9.57. The van der Waals surface area contributed by atoms with Crippen molar-refractivity contribution >= 4 is 38.5 Å². The van der Waals surface area contributed by atoms with Crippen LogP contribution in [0.3, 0.4) is 0 Å². The number of hydrogen-bond donors (Lipinski definition) is 1. The number of rotatable bonds is 11. The van der Waals surface area contributed by atoms with E-state index in [1.54, 1.807) is 38.4 Å². The number of hydrogen-bond acceptors (Lipinski definition) is 10. The Hall–Kier alpha value is -1.07. The molecule has 1 amide bonds. The molecule has 1 N–H and O–H groups in total. The number of halogens is 1. The molecule has 8 fully saturated rings. The van der Waals surface area contributed by atoms with Crippen molar-refractivity contribution in [1.29, 1.82) is 0 Å². The second-order valence-corrected chi connectivity index (χ2v) is 25.3. The molecule has 1 aromatic rings. The molecule has 59 heavy (non-hydrogen) atoms. The Morgan fingerprint density at radius 3 is 2.31 bits per heavy atom. The standard InChI is InChI=1S/C46H70INO10S/c1-27-10-16-36(45-26-54-43(6,57-58-45)21-19-34(27)45)29(3)38(49)22-32(25-59(51,52)33-14-12-31(13-15-33)24-53-41(50)48(8)9)23-39-30(4)37-17-11-28(2)35-18-20-42(5,47)56-44(7)40(55-39)46(35,37)44/h12-15,27-30,32,34-40,49H,10-11,16-26H2,1-9H3/t27-,28-,29-,30-,32?,34+,35+,36+,37+,38-,39-,40+,42?,43-,44+,45-,46+/m1/s1. The first-order chi connectivity index (χ1) is 27.7. The Kier molecular flexibility index (Phi) is 12.0. The Balaban J connectivity index is 1.06. The van der Waals surface area contributed by atoms with E-state index in [1.807, 2.05) is 6.92 Å². The largest absolute Gasteiger partial charge is 0.445 e. The van der Waals surface area contributed by atoms with Gasteiger partial charge in [-0.2, -0.15) is 0 Å². The fraction of sp³-hybridized carbons (Fsp3) is 0.848. The molecule has 0 aromatic heterocycles. The number of ether oxygens (including phenoxy) is 4. The van der Waals surface area contributed by atoms with Crippen LogP contribution in [-0.2, 0) is 45.2 Å². The molecule has 5 heterocycles. The maximum atomic E-state index is 14.4. The summed E-state index contributed by atoms with van der Waals surface area (Å²) in [6.45, 7) is 16.1. The summed E-state index contributed by atoms with van der Waals surface area (Å²) in [6, 6.07) is 6.63. The van der Waals surface area contributed by atoms with Crippen LogP contribution in [0.25, 0.3) is 0 Å². The minimum absolute atomic E-state index is 0.0168. The Bertz CT molecular complexity index is 1820.